The molecule has 102 valence electrons. The SMILES string of the molecule is CCC[Si](CCC)(CCC)OC(=O)C(C)(C)C. The quantitative estimate of drug-likeness (QED) is 0.616. The van der Waals surface area contributed by atoms with Crippen molar-refractivity contribution >= 4 is 14.3 Å². The number of hydrogen-bond acceptors (Lipinski definition) is 2. The summed E-state index contributed by atoms with van der Waals surface area (Å²) in [5.41, 5.74) is -0.368. The minimum Gasteiger partial charge on any atom is -0.519 e. The van der Waals surface area contributed by atoms with E-state index in [1.54, 1.807) is 0 Å². The van der Waals surface area contributed by atoms with Crippen LogP contribution in [0.3, 0.4) is 0 Å². The Morgan fingerprint density at radius 1 is 0.941 bits per heavy atom. The Balaban J connectivity index is 4.82. The Morgan fingerprint density at radius 2 is 1.29 bits per heavy atom. The molecule has 0 amide bonds. The zero-order valence-electron chi connectivity index (χ0n) is 12.6. The first-order valence-corrected chi connectivity index (χ1v) is 9.57. The lowest BCUT2D eigenvalue weighted by atomic mass is 9.98. The minimum atomic E-state index is -1.82. The van der Waals surface area contributed by atoms with Crippen molar-refractivity contribution in [3.63, 3.8) is 0 Å². The molecule has 0 heterocycles. The second-order valence-corrected chi connectivity index (χ2v) is 10.1. The fourth-order valence-electron chi connectivity index (χ4n) is 2.24. The maximum absolute atomic E-state index is 12.1. The van der Waals surface area contributed by atoms with Crippen LogP contribution in [-0.4, -0.2) is 14.3 Å². The van der Waals surface area contributed by atoms with Gasteiger partial charge in [0.15, 0.2) is 0 Å². The summed E-state index contributed by atoms with van der Waals surface area (Å²) >= 11 is 0. The molecule has 0 aliphatic carbocycles. The molecule has 0 bridgehead atoms. The molecular formula is C14H30O2Si. The molecule has 0 fully saturated rings. The summed E-state index contributed by atoms with van der Waals surface area (Å²) < 4.78 is 6.02. The van der Waals surface area contributed by atoms with E-state index in [1.807, 2.05) is 20.8 Å². The summed E-state index contributed by atoms with van der Waals surface area (Å²) in [7, 11) is -1.82. The van der Waals surface area contributed by atoms with E-state index in [9.17, 15) is 4.79 Å². The fraction of sp³-hybridized carbons (Fsp3) is 0.929. The molecule has 17 heavy (non-hydrogen) atoms. The van der Waals surface area contributed by atoms with Gasteiger partial charge in [0.1, 0.15) is 0 Å². The maximum atomic E-state index is 12.1. The fourth-order valence-corrected chi connectivity index (χ4v) is 6.73. The lowest BCUT2D eigenvalue weighted by Gasteiger charge is -2.33. The molecule has 2 nitrogen and oxygen atoms in total. The average molecular weight is 258 g/mol. The molecule has 0 N–H and O–H groups in total. The monoisotopic (exact) mass is 258 g/mol. The standard InChI is InChI=1S/C14H30O2Si/c1-7-10-17(11-8-2,12-9-3)16-13(15)14(4,5)6/h7-12H2,1-6H3. The van der Waals surface area contributed by atoms with E-state index in [0.29, 0.717) is 0 Å². The summed E-state index contributed by atoms with van der Waals surface area (Å²) in [5, 5.41) is 0. The first-order valence-electron chi connectivity index (χ1n) is 7.04. The Labute approximate surface area is 108 Å². The third-order valence-corrected chi connectivity index (χ3v) is 7.89. The zero-order valence-corrected chi connectivity index (χ0v) is 13.6. The van der Waals surface area contributed by atoms with Crippen LogP contribution < -0.4 is 0 Å². The van der Waals surface area contributed by atoms with Gasteiger partial charge in [-0.2, -0.15) is 0 Å². The molecule has 0 aromatic rings. The van der Waals surface area contributed by atoms with E-state index in [2.05, 4.69) is 20.8 Å². The minimum absolute atomic E-state index is 0.000448. The van der Waals surface area contributed by atoms with E-state index in [4.69, 9.17) is 4.43 Å². The molecule has 0 aromatic carbocycles. The highest BCUT2D eigenvalue weighted by molar-refractivity contribution is 6.75. The van der Waals surface area contributed by atoms with Crippen LogP contribution in [-0.2, 0) is 9.22 Å². The second kappa shape index (κ2) is 7.19. The summed E-state index contributed by atoms with van der Waals surface area (Å²) in [6.07, 6.45) is 3.39. The van der Waals surface area contributed by atoms with Crippen molar-refractivity contribution in [1.29, 1.82) is 0 Å². The van der Waals surface area contributed by atoms with Crippen molar-refractivity contribution in [3.05, 3.63) is 0 Å². The molecular weight excluding hydrogens is 228 g/mol. The first-order chi connectivity index (χ1) is 7.81. The molecule has 0 spiro atoms. The summed E-state index contributed by atoms with van der Waals surface area (Å²) in [4.78, 5) is 12.1. The number of carbonyl (C=O) groups excluding carboxylic acids is 1. The van der Waals surface area contributed by atoms with E-state index in [1.165, 1.54) is 0 Å². The summed E-state index contributed by atoms with van der Waals surface area (Å²) in [5.74, 6) is -0.000448. The van der Waals surface area contributed by atoms with Crippen molar-refractivity contribution in [2.75, 3.05) is 0 Å². The Hall–Kier alpha value is -0.313. The van der Waals surface area contributed by atoms with Crippen molar-refractivity contribution < 1.29 is 9.22 Å². The van der Waals surface area contributed by atoms with Gasteiger partial charge in [-0.15, -0.1) is 0 Å². The Kier molecular flexibility index (Phi) is 7.06. The largest absolute Gasteiger partial charge is 0.519 e. The van der Waals surface area contributed by atoms with E-state index < -0.39 is 8.32 Å². The van der Waals surface area contributed by atoms with Crippen LogP contribution in [0.1, 0.15) is 60.8 Å². The van der Waals surface area contributed by atoms with Gasteiger partial charge >= 0.3 is 0 Å². The van der Waals surface area contributed by atoms with Crippen LogP contribution in [0.15, 0.2) is 0 Å². The molecule has 0 unspecified atom stereocenters. The van der Waals surface area contributed by atoms with Crippen LogP contribution in [0.4, 0.5) is 0 Å². The summed E-state index contributed by atoms with van der Waals surface area (Å²) in [6.45, 7) is 12.4. The van der Waals surface area contributed by atoms with Crippen molar-refractivity contribution in [2.45, 2.75) is 78.9 Å². The van der Waals surface area contributed by atoms with Gasteiger partial charge in [-0.25, -0.2) is 0 Å². The van der Waals surface area contributed by atoms with Gasteiger partial charge < -0.3 is 4.43 Å². The van der Waals surface area contributed by atoms with Crippen molar-refractivity contribution in [2.24, 2.45) is 5.41 Å². The highest BCUT2D eigenvalue weighted by Gasteiger charge is 2.38. The molecule has 0 rings (SSSR count). The lowest BCUT2D eigenvalue weighted by molar-refractivity contribution is -0.144. The van der Waals surface area contributed by atoms with E-state index in [0.717, 1.165) is 37.4 Å². The third kappa shape index (κ3) is 5.71. The molecule has 0 atom stereocenters. The van der Waals surface area contributed by atoms with Gasteiger partial charge in [-0.05, 0) is 38.9 Å². The number of hydrogen-bond donors (Lipinski definition) is 0. The van der Waals surface area contributed by atoms with Gasteiger partial charge in [0.2, 0.25) is 0 Å². The molecule has 0 saturated heterocycles. The molecule has 0 saturated carbocycles. The van der Waals surface area contributed by atoms with E-state index in [-0.39, 0.29) is 11.4 Å². The number of carbonyl (C=O) groups is 1. The Morgan fingerprint density at radius 3 is 1.53 bits per heavy atom. The van der Waals surface area contributed by atoms with Crippen LogP contribution in [0.25, 0.3) is 0 Å². The zero-order chi connectivity index (χ0) is 13.5. The van der Waals surface area contributed by atoms with Gasteiger partial charge in [-0.3, -0.25) is 4.79 Å². The third-order valence-electron chi connectivity index (χ3n) is 3.04. The highest BCUT2D eigenvalue weighted by Crippen LogP contribution is 2.30. The molecule has 0 aliphatic rings. The molecule has 0 aromatic heterocycles. The predicted molar refractivity (Wildman–Crippen MR) is 76.6 cm³/mol. The highest BCUT2D eigenvalue weighted by atomic mass is 28.4. The topological polar surface area (TPSA) is 26.3 Å². The molecule has 3 heteroatoms. The van der Waals surface area contributed by atoms with Crippen LogP contribution in [0.2, 0.25) is 18.1 Å². The molecule has 0 radical (unpaired) electrons. The van der Waals surface area contributed by atoms with Gasteiger partial charge in [0, 0.05) is 0 Å². The van der Waals surface area contributed by atoms with Gasteiger partial charge in [0.25, 0.3) is 14.3 Å². The van der Waals surface area contributed by atoms with Gasteiger partial charge in [-0.1, -0.05) is 40.0 Å². The maximum Gasteiger partial charge on any atom is 0.297 e. The van der Waals surface area contributed by atoms with Crippen LogP contribution in [0.5, 0.6) is 0 Å². The second-order valence-electron chi connectivity index (χ2n) is 6.07. The predicted octanol–water partition coefficient (Wildman–Crippen LogP) is 4.75. The normalized spacial score (nSPS) is 12.6. The van der Waals surface area contributed by atoms with Crippen molar-refractivity contribution in [3.8, 4) is 0 Å². The van der Waals surface area contributed by atoms with Crippen molar-refractivity contribution in [1.82, 2.24) is 0 Å². The van der Waals surface area contributed by atoms with Crippen LogP contribution >= 0.6 is 0 Å². The lowest BCUT2D eigenvalue weighted by Crippen LogP contribution is -2.43. The smallest absolute Gasteiger partial charge is 0.297 e. The van der Waals surface area contributed by atoms with Gasteiger partial charge in [0.05, 0.1) is 5.41 Å². The van der Waals surface area contributed by atoms with E-state index >= 15 is 0 Å². The number of rotatable bonds is 7. The van der Waals surface area contributed by atoms with Crippen LogP contribution in [0, 0.1) is 5.41 Å². The Bertz CT molecular complexity index is 214. The first kappa shape index (κ1) is 16.7. The molecule has 0 aliphatic heterocycles. The summed E-state index contributed by atoms with van der Waals surface area (Å²) in [6, 6.07) is 3.36. The average Bonchev–Trinajstić information content (AvgIpc) is 2.17.